The number of hydrogen-bond donors (Lipinski definition) is 1. The first-order valence-corrected chi connectivity index (χ1v) is 8.38. The van der Waals surface area contributed by atoms with Gasteiger partial charge in [0.2, 0.25) is 5.91 Å². The third kappa shape index (κ3) is 4.50. The Morgan fingerprint density at radius 3 is 2.80 bits per heavy atom. The minimum Gasteiger partial charge on any atom is -0.325 e. The molecule has 0 radical (unpaired) electrons. The molecule has 3 aromatic rings. The molecule has 0 aliphatic rings. The largest absolute Gasteiger partial charge is 0.325 e. The van der Waals surface area contributed by atoms with Crippen LogP contribution in [0.4, 0.5) is 5.69 Å². The fraction of sp³-hybridized carbons (Fsp3) is 0.263. The molecular weight excluding hydrogens is 316 g/mol. The number of aromatic nitrogens is 3. The number of nitrogens with one attached hydrogen (secondary N) is 1. The zero-order valence-electron chi connectivity index (χ0n) is 13.9. The molecule has 0 saturated heterocycles. The maximum Gasteiger partial charge on any atom is 0.261 e. The molecule has 0 aliphatic carbocycles. The fourth-order valence-corrected chi connectivity index (χ4v) is 2.67. The normalized spacial score (nSPS) is 10.7. The minimum atomic E-state index is -0.0162. The maximum atomic E-state index is 12.4. The van der Waals surface area contributed by atoms with E-state index in [0.29, 0.717) is 24.0 Å². The van der Waals surface area contributed by atoms with Crippen LogP contribution in [0.15, 0.2) is 59.9 Å². The topological polar surface area (TPSA) is 76.9 Å². The number of unbranched alkanes of at least 4 members (excludes halogenated alkanes) is 2. The van der Waals surface area contributed by atoms with Crippen molar-refractivity contribution in [3.63, 3.8) is 0 Å². The predicted octanol–water partition coefficient (Wildman–Crippen LogP) is 2.99. The molecule has 0 fully saturated rings. The second kappa shape index (κ2) is 8.19. The van der Waals surface area contributed by atoms with Crippen LogP contribution < -0.4 is 10.9 Å². The van der Waals surface area contributed by atoms with Crippen molar-refractivity contribution in [1.82, 2.24) is 14.5 Å². The molecule has 128 valence electrons. The number of rotatable bonds is 7. The van der Waals surface area contributed by atoms with Crippen LogP contribution in [0.25, 0.3) is 10.9 Å². The zero-order valence-corrected chi connectivity index (χ0v) is 13.9. The van der Waals surface area contributed by atoms with Crippen molar-refractivity contribution < 1.29 is 4.79 Å². The number of amides is 1. The van der Waals surface area contributed by atoms with E-state index in [0.717, 1.165) is 24.8 Å². The molecule has 0 spiro atoms. The third-order valence-corrected chi connectivity index (χ3v) is 3.98. The molecule has 0 atom stereocenters. The molecule has 0 aliphatic heterocycles. The number of hydrogen-bond acceptors (Lipinski definition) is 4. The van der Waals surface area contributed by atoms with Gasteiger partial charge in [-0.1, -0.05) is 18.6 Å². The van der Waals surface area contributed by atoms with Crippen LogP contribution in [0.2, 0.25) is 0 Å². The number of para-hydroxylation sites is 1. The van der Waals surface area contributed by atoms with Crippen molar-refractivity contribution in [3.8, 4) is 0 Å². The first-order chi connectivity index (χ1) is 12.2. The van der Waals surface area contributed by atoms with Crippen LogP contribution >= 0.6 is 0 Å². The minimum absolute atomic E-state index is 0.0140. The van der Waals surface area contributed by atoms with Gasteiger partial charge in [-0.15, -0.1) is 0 Å². The van der Waals surface area contributed by atoms with Gasteiger partial charge in [-0.2, -0.15) is 0 Å². The number of benzene rings is 1. The Morgan fingerprint density at radius 2 is 1.96 bits per heavy atom. The lowest BCUT2D eigenvalue weighted by Crippen LogP contribution is -2.20. The van der Waals surface area contributed by atoms with Gasteiger partial charge in [-0.25, -0.2) is 4.98 Å². The lowest BCUT2D eigenvalue weighted by Gasteiger charge is -2.07. The van der Waals surface area contributed by atoms with E-state index in [1.807, 2.05) is 24.3 Å². The Labute approximate surface area is 145 Å². The van der Waals surface area contributed by atoms with E-state index in [9.17, 15) is 9.59 Å². The summed E-state index contributed by atoms with van der Waals surface area (Å²) < 4.78 is 1.64. The van der Waals surface area contributed by atoms with E-state index in [1.54, 1.807) is 35.4 Å². The summed E-state index contributed by atoms with van der Waals surface area (Å²) in [6.45, 7) is 0.612. The number of carbonyl (C=O) groups is 1. The monoisotopic (exact) mass is 336 g/mol. The number of pyridine rings is 1. The van der Waals surface area contributed by atoms with E-state index < -0.39 is 0 Å². The van der Waals surface area contributed by atoms with Gasteiger partial charge in [0.1, 0.15) is 0 Å². The maximum absolute atomic E-state index is 12.4. The van der Waals surface area contributed by atoms with Crippen LogP contribution in [0.1, 0.15) is 25.7 Å². The van der Waals surface area contributed by atoms with Crippen molar-refractivity contribution in [2.45, 2.75) is 32.2 Å². The highest BCUT2D eigenvalue weighted by atomic mass is 16.1. The van der Waals surface area contributed by atoms with Crippen molar-refractivity contribution >= 4 is 22.5 Å². The van der Waals surface area contributed by atoms with Crippen molar-refractivity contribution in [2.24, 2.45) is 0 Å². The summed E-state index contributed by atoms with van der Waals surface area (Å²) in [5.74, 6) is -0.0162. The van der Waals surface area contributed by atoms with Crippen LogP contribution in [0, 0.1) is 0 Å². The lowest BCUT2D eigenvalue weighted by atomic mass is 10.2. The van der Waals surface area contributed by atoms with Crippen molar-refractivity contribution in [1.29, 1.82) is 0 Å². The van der Waals surface area contributed by atoms with Gasteiger partial charge in [0, 0.05) is 19.2 Å². The van der Waals surface area contributed by atoms with Crippen LogP contribution in [0.5, 0.6) is 0 Å². The van der Waals surface area contributed by atoms with E-state index in [2.05, 4.69) is 15.3 Å². The number of aryl methyl sites for hydroxylation is 1. The first-order valence-electron chi connectivity index (χ1n) is 8.38. The molecule has 2 heterocycles. The van der Waals surface area contributed by atoms with Crippen LogP contribution in [-0.2, 0) is 11.3 Å². The summed E-state index contributed by atoms with van der Waals surface area (Å²) in [7, 11) is 0. The fourth-order valence-electron chi connectivity index (χ4n) is 2.67. The number of carbonyl (C=O) groups excluding carboxylic acids is 1. The number of anilines is 1. The average molecular weight is 336 g/mol. The Bertz CT molecular complexity index is 906. The summed E-state index contributed by atoms with van der Waals surface area (Å²) in [4.78, 5) is 32.5. The van der Waals surface area contributed by atoms with E-state index in [-0.39, 0.29) is 11.5 Å². The third-order valence-electron chi connectivity index (χ3n) is 3.98. The molecule has 3 rings (SSSR count). The SMILES string of the molecule is O=C(CCCCCn1cnc2ccccc2c1=O)Nc1cccnc1. The molecule has 1 aromatic carbocycles. The molecule has 1 N–H and O–H groups in total. The standard InChI is InChI=1S/C19H20N4O2/c24-18(22-15-7-6-11-20-13-15)10-2-1-5-12-23-14-21-17-9-4-3-8-16(17)19(23)25/h3-4,6-9,11,13-14H,1-2,5,10,12H2,(H,22,24). The molecule has 25 heavy (non-hydrogen) atoms. The first kappa shape index (κ1) is 16.8. The molecule has 0 saturated carbocycles. The van der Waals surface area contributed by atoms with Gasteiger partial charge >= 0.3 is 0 Å². The average Bonchev–Trinajstić information content (AvgIpc) is 2.64. The Kier molecular flexibility index (Phi) is 5.51. The molecule has 2 aromatic heterocycles. The van der Waals surface area contributed by atoms with Gasteiger partial charge in [-0.3, -0.25) is 19.1 Å². The zero-order chi connectivity index (χ0) is 17.5. The predicted molar refractivity (Wildman–Crippen MR) is 97.3 cm³/mol. The smallest absolute Gasteiger partial charge is 0.261 e. The van der Waals surface area contributed by atoms with Crippen LogP contribution in [0.3, 0.4) is 0 Å². The highest BCUT2D eigenvalue weighted by Crippen LogP contribution is 2.08. The van der Waals surface area contributed by atoms with Gasteiger partial charge < -0.3 is 5.32 Å². The summed E-state index contributed by atoms with van der Waals surface area (Å²) in [6.07, 6.45) is 7.83. The highest BCUT2D eigenvalue weighted by Gasteiger charge is 2.04. The summed E-state index contributed by atoms with van der Waals surface area (Å²) in [6, 6.07) is 10.9. The Morgan fingerprint density at radius 1 is 1.08 bits per heavy atom. The molecular formula is C19H20N4O2. The molecule has 0 bridgehead atoms. The van der Waals surface area contributed by atoms with Gasteiger partial charge in [-0.05, 0) is 37.1 Å². The Balaban J connectivity index is 1.44. The van der Waals surface area contributed by atoms with E-state index in [1.165, 1.54) is 0 Å². The van der Waals surface area contributed by atoms with Gasteiger partial charge in [0.25, 0.3) is 5.56 Å². The molecule has 6 nitrogen and oxygen atoms in total. The Hall–Kier alpha value is -3.02. The highest BCUT2D eigenvalue weighted by molar-refractivity contribution is 5.90. The van der Waals surface area contributed by atoms with E-state index in [4.69, 9.17) is 0 Å². The second-order valence-corrected chi connectivity index (χ2v) is 5.86. The number of fused-ring (bicyclic) bond motifs is 1. The van der Waals surface area contributed by atoms with Crippen LogP contribution in [-0.4, -0.2) is 20.4 Å². The summed E-state index contributed by atoms with van der Waals surface area (Å²) in [5, 5.41) is 3.45. The second-order valence-electron chi connectivity index (χ2n) is 5.86. The molecule has 1 amide bonds. The lowest BCUT2D eigenvalue weighted by molar-refractivity contribution is -0.116. The number of nitrogens with zero attached hydrogens (tertiary/aromatic N) is 3. The van der Waals surface area contributed by atoms with Crippen molar-refractivity contribution in [3.05, 3.63) is 65.5 Å². The van der Waals surface area contributed by atoms with Gasteiger partial charge in [0.15, 0.2) is 0 Å². The van der Waals surface area contributed by atoms with E-state index >= 15 is 0 Å². The quantitative estimate of drug-likeness (QED) is 0.673. The van der Waals surface area contributed by atoms with Crippen molar-refractivity contribution in [2.75, 3.05) is 5.32 Å². The van der Waals surface area contributed by atoms with Gasteiger partial charge in [0.05, 0.1) is 29.1 Å². The molecule has 0 unspecified atom stereocenters. The summed E-state index contributed by atoms with van der Waals surface area (Å²) in [5.41, 5.74) is 1.41. The molecule has 6 heteroatoms. The summed E-state index contributed by atoms with van der Waals surface area (Å²) >= 11 is 0.